The number of H-pyrrole nitrogens is 1. The monoisotopic (exact) mass is 249 g/mol. The van der Waals surface area contributed by atoms with Gasteiger partial charge in [0.05, 0.1) is 0 Å². The molecular formula is C14H13F2NO. The lowest BCUT2D eigenvalue weighted by Crippen LogP contribution is -2.01. The molecule has 0 spiro atoms. The number of aryl methyl sites for hydroxylation is 1. The lowest BCUT2D eigenvalue weighted by molar-refractivity contribution is -0.0497. The smallest absolute Gasteiger partial charge is 0.387 e. The molecule has 2 nitrogen and oxygen atoms in total. The predicted molar refractivity (Wildman–Crippen MR) is 66.7 cm³/mol. The van der Waals surface area contributed by atoms with Crippen molar-refractivity contribution >= 4 is 10.9 Å². The zero-order valence-corrected chi connectivity index (χ0v) is 9.97. The van der Waals surface area contributed by atoms with Gasteiger partial charge in [0.1, 0.15) is 5.75 Å². The number of ether oxygens (including phenoxy) is 1. The second-order valence-corrected chi connectivity index (χ2v) is 3.83. The van der Waals surface area contributed by atoms with Crippen LogP contribution in [0.25, 0.3) is 10.9 Å². The van der Waals surface area contributed by atoms with Crippen molar-refractivity contribution in [2.75, 3.05) is 0 Å². The molecule has 2 aromatic rings. The molecular weight excluding hydrogens is 236 g/mol. The lowest BCUT2D eigenvalue weighted by Gasteiger charge is -2.04. The maximum absolute atomic E-state index is 12.1. The quantitative estimate of drug-likeness (QED) is 0.821. The van der Waals surface area contributed by atoms with E-state index >= 15 is 0 Å². The third-order valence-electron chi connectivity index (χ3n) is 2.66. The van der Waals surface area contributed by atoms with Gasteiger partial charge in [0.2, 0.25) is 0 Å². The van der Waals surface area contributed by atoms with Gasteiger partial charge in [-0.25, -0.2) is 0 Å². The van der Waals surface area contributed by atoms with Crippen molar-refractivity contribution in [3.8, 4) is 17.6 Å². The standard InChI is InChI=1S/C14H13F2NO/c1-2-3-4-5-10-9-17-13-7-6-11(8-12(10)13)18-14(15)16/h6-9,14,17H,4-5H2,1H3. The molecule has 1 heterocycles. The fourth-order valence-corrected chi connectivity index (χ4v) is 1.86. The van der Waals surface area contributed by atoms with E-state index in [9.17, 15) is 8.78 Å². The molecule has 4 heteroatoms. The summed E-state index contributed by atoms with van der Waals surface area (Å²) in [5.41, 5.74) is 1.98. The average molecular weight is 249 g/mol. The van der Waals surface area contributed by atoms with Crippen molar-refractivity contribution in [3.63, 3.8) is 0 Å². The van der Waals surface area contributed by atoms with Gasteiger partial charge < -0.3 is 9.72 Å². The van der Waals surface area contributed by atoms with E-state index in [1.165, 1.54) is 6.07 Å². The molecule has 1 N–H and O–H groups in total. The first kappa shape index (κ1) is 12.4. The minimum absolute atomic E-state index is 0.180. The zero-order valence-electron chi connectivity index (χ0n) is 9.97. The fourth-order valence-electron chi connectivity index (χ4n) is 1.86. The zero-order chi connectivity index (χ0) is 13.0. The average Bonchev–Trinajstić information content (AvgIpc) is 2.72. The SMILES string of the molecule is CC#CCCc1c[nH]c2ccc(OC(F)F)cc12. The van der Waals surface area contributed by atoms with Crippen LogP contribution in [0.3, 0.4) is 0 Å². The normalized spacial score (nSPS) is 10.4. The second kappa shape index (κ2) is 5.54. The highest BCUT2D eigenvalue weighted by atomic mass is 19.3. The molecule has 18 heavy (non-hydrogen) atoms. The molecule has 0 amide bonds. The Morgan fingerprint density at radius 2 is 2.22 bits per heavy atom. The van der Waals surface area contributed by atoms with E-state index in [2.05, 4.69) is 21.6 Å². The minimum Gasteiger partial charge on any atom is -0.435 e. The van der Waals surface area contributed by atoms with Crippen LogP contribution in [0.4, 0.5) is 8.78 Å². The summed E-state index contributed by atoms with van der Waals surface area (Å²) >= 11 is 0. The highest BCUT2D eigenvalue weighted by molar-refractivity contribution is 5.84. The first-order valence-electron chi connectivity index (χ1n) is 5.65. The van der Waals surface area contributed by atoms with Crippen LogP contribution in [0.5, 0.6) is 5.75 Å². The highest BCUT2D eigenvalue weighted by Gasteiger charge is 2.08. The van der Waals surface area contributed by atoms with Gasteiger partial charge in [-0.3, -0.25) is 0 Å². The number of hydrogen-bond donors (Lipinski definition) is 1. The topological polar surface area (TPSA) is 25.0 Å². The number of aromatic amines is 1. The summed E-state index contributed by atoms with van der Waals surface area (Å²) in [5, 5.41) is 0.908. The van der Waals surface area contributed by atoms with Gasteiger partial charge in [0, 0.05) is 23.5 Å². The van der Waals surface area contributed by atoms with Gasteiger partial charge in [-0.1, -0.05) is 0 Å². The van der Waals surface area contributed by atoms with E-state index in [1.54, 1.807) is 19.1 Å². The number of benzene rings is 1. The van der Waals surface area contributed by atoms with Crippen LogP contribution in [-0.2, 0) is 6.42 Å². The highest BCUT2D eigenvalue weighted by Crippen LogP contribution is 2.25. The van der Waals surface area contributed by atoms with Crippen LogP contribution in [0.1, 0.15) is 18.9 Å². The number of nitrogens with one attached hydrogen (secondary N) is 1. The van der Waals surface area contributed by atoms with E-state index in [-0.39, 0.29) is 5.75 Å². The number of aromatic nitrogens is 1. The number of rotatable bonds is 4. The Labute approximate surface area is 104 Å². The summed E-state index contributed by atoms with van der Waals surface area (Å²) in [4.78, 5) is 3.10. The van der Waals surface area contributed by atoms with E-state index in [0.717, 1.165) is 29.3 Å². The van der Waals surface area contributed by atoms with Crippen LogP contribution >= 0.6 is 0 Å². The summed E-state index contributed by atoms with van der Waals surface area (Å²) in [6.45, 7) is -1.00. The number of hydrogen-bond acceptors (Lipinski definition) is 1. The van der Waals surface area contributed by atoms with Gasteiger partial charge >= 0.3 is 6.61 Å². The van der Waals surface area contributed by atoms with Gasteiger partial charge in [-0.05, 0) is 37.1 Å². The minimum atomic E-state index is -2.80. The molecule has 0 saturated carbocycles. The molecule has 94 valence electrons. The Hall–Kier alpha value is -2.02. The summed E-state index contributed by atoms with van der Waals surface area (Å²) in [5.74, 6) is 6.00. The van der Waals surface area contributed by atoms with Gasteiger partial charge in [-0.15, -0.1) is 11.8 Å². The van der Waals surface area contributed by atoms with E-state index < -0.39 is 6.61 Å². The summed E-state index contributed by atoms with van der Waals surface area (Å²) in [6.07, 6.45) is 3.43. The van der Waals surface area contributed by atoms with Crippen molar-refractivity contribution < 1.29 is 13.5 Å². The molecule has 0 aliphatic rings. The maximum Gasteiger partial charge on any atom is 0.387 e. The summed E-state index contributed by atoms with van der Waals surface area (Å²) in [7, 11) is 0. The maximum atomic E-state index is 12.1. The molecule has 0 aliphatic heterocycles. The van der Waals surface area contributed by atoms with E-state index in [1.807, 2.05) is 6.20 Å². The Balaban J connectivity index is 2.27. The van der Waals surface area contributed by atoms with E-state index in [4.69, 9.17) is 0 Å². The van der Waals surface area contributed by atoms with Crippen molar-refractivity contribution in [2.24, 2.45) is 0 Å². The van der Waals surface area contributed by atoms with Crippen molar-refractivity contribution in [3.05, 3.63) is 30.0 Å². The van der Waals surface area contributed by atoms with Crippen LogP contribution in [0.15, 0.2) is 24.4 Å². The first-order valence-corrected chi connectivity index (χ1v) is 5.65. The number of fused-ring (bicyclic) bond motifs is 1. The lowest BCUT2D eigenvalue weighted by atomic mass is 10.1. The van der Waals surface area contributed by atoms with Crippen LogP contribution < -0.4 is 4.74 Å². The van der Waals surface area contributed by atoms with Crippen molar-refractivity contribution in [1.29, 1.82) is 0 Å². The molecule has 1 aromatic heterocycles. The molecule has 1 aromatic carbocycles. The van der Waals surface area contributed by atoms with Gasteiger partial charge in [0.15, 0.2) is 0 Å². The molecule has 0 aliphatic carbocycles. The molecule has 0 bridgehead atoms. The molecule has 0 saturated heterocycles. The van der Waals surface area contributed by atoms with Crippen LogP contribution in [0, 0.1) is 11.8 Å². The Morgan fingerprint density at radius 1 is 1.39 bits per heavy atom. The van der Waals surface area contributed by atoms with E-state index in [0.29, 0.717) is 0 Å². The van der Waals surface area contributed by atoms with Crippen molar-refractivity contribution in [2.45, 2.75) is 26.4 Å². The third-order valence-corrected chi connectivity index (χ3v) is 2.66. The van der Waals surface area contributed by atoms with Gasteiger partial charge in [0.25, 0.3) is 0 Å². The molecule has 0 atom stereocenters. The summed E-state index contributed by atoms with van der Waals surface area (Å²) in [6, 6.07) is 4.90. The van der Waals surface area contributed by atoms with Crippen LogP contribution in [-0.4, -0.2) is 11.6 Å². The molecule has 0 radical (unpaired) electrons. The summed E-state index contributed by atoms with van der Waals surface area (Å²) < 4.78 is 28.7. The predicted octanol–water partition coefficient (Wildman–Crippen LogP) is 3.73. The van der Waals surface area contributed by atoms with Gasteiger partial charge in [-0.2, -0.15) is 8.78 Å². The third kappa shape index (κ3) is 2.80. The number of halogens is 2. The Kier molecular flexibility index (Phi) is 3.83. The Morgan fingerprint density at radius 3 is 2.94 bits per heavy atom. The molecule has 2 rings (SSSR count). The first-order chi connectivity index (χ1) is 8.70. The largest absolute Gasteiger partial charge is 0.435 e. The second-order valence-electron chi connectivity index (χ2n) is 3.83. The molecule has 0 unspecified atom stereocenters. The van der Waals surface area contributed by atoms with Crippen molar-refractivity contribution in [1.82, 2.24) is 4.98 Å². The Bertz CT molecular complexity index is 593. The van der Waals surface area contributed by atoms with Crippen LogP contribution in [0.2, 0.25) is 0 Å². The fraction of sp³-hybridized carbons (Fsp3) is 0.286. The molecule has 0 fully saturated rings. The number of alkyl halides is 2.